The van der Waals surface area contributed by atoms with Crippen LogP contribution in [0, 0.1) is 11.8 Å². The molecule has 4 unspecified atom stereocenters. The topological polar surface area (TPSA) is 15.3 Å². The molecule has 2 bridgehead atoms. The van der Waals surface area contributed by atoms with Crippen molar-refractivity contribution in [2.45, 2.75) is 82.8 Å². The summed E-state index contributed by atoms with van der Waals surface area (Å²) in [5.41, 5.74) is 0. The molecular formula is C17H32N2. The van der Waals surface area contributed by atoms with Crippen molar-refractivity contribution < 1.29 is 0 Å². The zero-order chi connectivity index (χ0) is 13.2. The van der Waals surface area contributed by atoms with Gasteiger partial charge in [-0.1, -0.05) is 19.8 Å². The van der Waals surface area contributed by atoms with E-state index in [4.69, 9.17) is 0 Å². The Labute approximate surface area is 119 Å². The molecule has 1 saturated carbocycles. The Kier molecular flexibility index (Phi) is 4.48. The van der Waals surface area contributed by atoms with Crippen LogP contribution in [0.5, 0.6) is 0 Å². The molecule has 1 aliphatic carbocycles. The predicted molar refractivity (Wildman–Crippen MR) is 81.3 cm³/mol. The Hall–Kier alpha value is -0.0800. The van der Waals surface area contributed by atoms with Gasteiger partial charge in [0.2, 0.25) is 0 Å². The van der Waals surface area contributed by atoms with E-state index in [1.807, 2.05) is 0 Å². The summed E-state index contributed by atoms with van der Waals surface area (Å²) in [6, 6.07) is 2.63. The molecule has 0 aromatic heterocycles. The Morgan fingerprint density at radius 3 is 2.42 bits per heavy atom. The number of nitrogens with zero attached hydrogens (tertiary/aromatic N) is 1. The average molecular weight is 264 g/mol. The minimum absolute atomic E-state index is 0.822. The monoisotopic (exact) mass is 264 g/mol. The van der Waals surface area contributed by atoms with Gasteiger partial charge in [0.25, 0.3) is 0 Å². The largest absolute Gasteiger partial charge is 0.314 e. The Bertz CT molecular complexity index is 277. The van der Waals surface area contributed by atoms with Gasteiger partial charge in [0.05, 0.1) is 0 Å². The van der Waals surface area contributed by atoms with Crippen molar-refractivity contribution in [3.05, 3.63) is 0 Å². The SMILES string of the molecule is CC1CCCC(NCC2CC3CCC(C2)N3C)CC1. The summed E-state index contributed by atoms with van der Waals surface area (Å²) in [4.78, 5) is 2.66. The van der Waals surface area contributed by atoms with E-state index in [-0.39, 0.29) is 0 Å². The highest BCUT2D eigenvalue weighted by molar-refractivity contribution is 4.94. The molecule has 2 saturated heterocycles. The van der Waals surface area contributed by atoms with Crippen molar-refractivity contribution in [2.75, 3.05) is 13.6 Å². The second-order valence-corrected chi connectivity index (χ2v) is 7.61. The first kappa shape index (κ1) is 13.9. The van der Waals surface area contributed by atoms with E-state index >= 15 is 0 Å². The van der Waals surface area contributed by atoms with Gasteiger partial charge in [-0.3, -0.25) is 0 Å². The van der Waals surface area contributed by atoms with Crippen LogP contribution in [0.25, 0.3) is 0 Å². The van der Waals surface area contributed by atoms with Crippen LogP contribution in [-0.4, -0.2) is 36.6 Å². The van der Waals surface area contributed by atoms with E-state index in [9.17, 15) is 0 Å². The van der Waals surface area contributed by atoms with Crippen molar-refractivity contribution >= 4 is 0 Å². The number of rotatable bonds is 3. The van der Waals surface area contributed by atoms with Crippen LogP contribution in [0.2, 0.25) is 0 Å². The highest BCUT2D eigenvalue weighted by Crippen LogP contribution is 2.37. The molecule has 0 aromatic rings. The predicted octanol–water partition coefficient (Wildman–Crippen LogP) is 3.42. The van der Waals surface area contributed by atoms with Crippen LogP contribution in [0.3, 0.4) is 0 Å². The normalized spacial score (nSPS) is 44.2. The summed E-state index contributed by atoms with van der Waals surface area (Å²) >= 11 is 0. The molecule has 0 spiro atoms. The number of nitrogens with one attached hydrogen (secondary N) is 1. The molecule has 4 atom stereocenters. The molecule has 3 aliphatic rings. The number of hydrogen-bond acceptors (Lipinski definition) is 2. The van der Waals surface area contributed by atoms with Crippen LogP contribution in [0.15, 0.2) is 0 Å². The van der Waals surface area contributed by atoms with Gasteiger partial charge in [-0.25, -0.2) is 0 Å². The lowest BCUT2D eigenvalue weighted by Crippen LogP contribution is -2.44. The molecular weight excluding hydrogens is 232 g/mol. The second kappa shape index (κ2) is 6.13. The van der Waals surface area contributed by atoms with Crippen LogP contribution in [-0.2, 0) is 0 Å². The molecule has 2 heteroatoms. The molecule has 0 amide bonds. The van der Waals surface area contributed by atoms with E-state index < -0.39 is 0 Å². The van der Waals surface area contributed by atoms with Gasteiger partial charge in [0, 0.05) is 18.1 Å². The maximum atomic E-state index is 3.92. The van der Waals surface area contributed by atoms with Crippen LogP contribution in [0.4, 0.5) is 0 Å². The fourth-order valence-corrected chi connectivity index (χ4v) is 4.72. The van der Waals surface area contributed by atoms with Gasteiger partial charge in [0.15, 0.2) is 0 Å². The lowest BCUT2D eigenvalue weighted by molar-refractivity contribution is 0.130. The number of piperidine rings is 1. The number of hydrogen-bond donors (Lipinski definition) is 1. The van der Waals surface area contributed by atoms with Gasteiger partial charge in [-0.2, -0.15) is 0 Å². The minimum atomic E-state index is 0.822. The number of fused-ring (bicyclic) bond motifs is 2. The molecule has 2 aliphatic heterocycles. The first-order chi connectivity index (χ1) is 9.22. The fourth-order valence-electron chi connectivity index (χ4n) is 4.72. The summed E-state index contributed by atoms with van der Waals surface area (Å²) in [5, 5.41) is 3.92. The van der Waals surface area contributed by atoms with Crippen molar-refractivity contribution in [3.63, 3.8) is 0 Å². The zero-order valence-corrected chi connectivity index (χ0v) is 12.9. The van der Waals surface area contributed by atoms with Gasteiger partial charge in [-0.15, -0.1) is 0 Å². The summed E-state index contributed by atoms with van der Waals surface area (Å²) in [5.74, 6) is 1.92. The van der Waals surface area contributed by atoms with Crippen molar-refractivity contribution in [1.82, 2.24) is 10.2 Å². The van der Waals surface area contributed by atoms with Gasteiger partial charge in [0.1, 0.15) is 0 Å². The standard InChI is InChI=1S/C17H32N2/c1-13-4-3-5-15(7-6-13)18-12-14-10-16-8-9-17(11-14)19(16)2/h13-18H,3-12H2,1-2H3. The highest BCUT2D eigenvalue weighted by Gasteiger charge is 2.38. The maximum absolute atomic E-state index is 3.92. The third kappa shape index (κ3) is 3.33. The van der Waals surface area contributed by atoms with E-state index in [1.54, 1.807) is 0 Å². The molecule has 1 N–H and O–H groups in total. The lowest BCUT2D eigenvalue weighted by Gasteiger charge is -2.37. The van der Waals surface area contributed by atoms with E-state index in [0.29, 0.717) is 0 Å². The third-order valence-electron chi connectivity index (χ3n) is 6.15. The van der Waals surface area contributed by atoms with Crippen molar-refractivity contribution in [2.24, 2.45) is 11.8 Å². The molecule has 0 radical (unpaired) electrons. The molecule has 2 heterocycles. The Morgan fingerprint density at radius 2 is 1.68 bits per heavy atom. The van der Waals surface area contributed by atoms with Crippen LogP contribution < -0.4 is 5.32 Å². The van der Waals surface area contributed by atoms with Crippen LogP contribution in [0.1, 0.15) is 64.7 Å². The smallest absolute Gasteiger partial charge is 0.00988 e. The molecule has 19 heavy (non-hydrogen) atoms. The lowest BCUT2D eigenvalue weighted by atomic mass is 9.90. The van der Waals surface area contributed by atoms with E-state index in [1.165, 1.54) is 64.3 Å². The molecule has 3 rings (SSSR count). The zero-order valence-electron chi connectivity index (χ0n) is 12.9. The Morgan fingerprint density at radius 1 is 0.947 bits per heavy atom. The Balaban J connectivity index is 1.43. The van der Waals surface area contributed by atoms with E-state index in [2.05, 4.69) is 24.2 Å². The average Bonchev–Trinajstić information content (AvgIpc) is 2.63. The minimum Gasteiger partial charge on any atom is -0.314 e. The molecule has 110 valence electrons. The summed E-state index contributed by atoms with van der Waals surface area (Å²) in [7, 11) is 2.35. The third-order valence-corrected chi connectivity index (χ3v) is 6.15. The van der Waals surface area contributed by atoms with Gasteiger partial charge in [-0.05, 0) is 70.4 Å². The highest BCUT2D eigenvalue weighted by atomic mass is 15.2. The molecule has 3 fully saturated rings. The first-order valence-corrected chi connectivity index (χ1v) is 8.67. The van der Waals surface area contributed by atoms with Gasteiger partial charge >= 0.3 is 0 Å². The summed E-state index contributed by atoms with van der Waals surface area (Å²) < 4.78 is 0. The van der Waals surface area contributed by atoms with Crippen molar-refractivity contribution in [1.29, 1.82) is 0 Å². The van der Waals surface area contributed by atoms with Crippen LogP contribution >= 0.6 is 0 Å². The van der Waals surface area contributed by atoms with Crippen molar-refractivity contribution in [3.8, 4) is 0 Å². The molecule has 0 aromatic carbocycles. The first-order valence-electron chi connectivity index (χ1n) is 8.67. The summed E-state index contributed by atoms with van der Waals surface area (Å²) in [6.45, 7) is 3.72. The quantitative estimate of drug-likeness (QED) is 0.786. The maximum Gasteiger partial charge on any atom is 0.00988 e. The van der Waals surface area contributed by atoms with Gasteiger partial charge < -0.3 is 10.2 Å². The second-order valence-electron chi connectivity index (χ2n) is 7.61. The van der Waals surface area contributed by atoms with E-state index in [0.717, 1.165) is 30.0 Å². The summed E-state index contributed by atoms with van der Waals surface area (Å²) in [6.07, 6.45) is 13.0. The molecule has 2 nitrogen and oxygen atoms in total. The fraction of sp³-hybridized carbons (Fsp3) is 1.00.